The molecular weight excluding hydrogens is 240 g/mol. The molecule has 112 valence electrons. The lowest BCUT2D eigenvalue weighted by molar-refractivity contribution is -0.0243. The van der Waals surface area contributed by atoms with Crippen molar-refractivity contribution < 1.29 is 9.47 Å². The van der Waals surface area contributed by atoms with Crippen LogP contribution in [0, 0.1) is 0 Å². The van der Waals surface area contributed by atoms with Gasteiger partial charge in [0.2, 0.25) is 0 Å². The van der Waals surface area contributed by atoms with Crippen molar-refractivity contribution in [2.24, 2.45) is 0 Å². The molecule has 4 heteroatoms. The lowest BCUT2D eigenvalue weighted by atomic mass is 10.0. The molecule has 2 heterocycles. The Bertz CT molecular complexity index is 244. The SMILES string of the molecule is CCOCCN1CCN([C@H]2CCCOC2)C[C@@H]1CC. The summed E-state index contributed by atoms with van der Waals surface area (Å²) < 4.78 is 11.1. The molecule has 0 aromatic rings. The van der Waals surface area contributed by atoms with Crippen LogP contribution in [0.3, 0.4) is 0 Å². The van der Waals surface area contributed by atoms with E-state index in [-0.39, 0.29) is 0 Å². The molecule has 2 fully saturated rings. The van der Waals surface area contributed by atoms with Crippen LogP contribution in [0.5, 0.6) is 0 Å². The minimum Gasteiger partial charge on any atom is -0.380 e. The number of ether oxygens (including phenoxy) is 2. The summed E-state index contributed by atoms with van der Waals surface area (Å²) in [6.45, 7) is 12.6. The Hall–Kier alpha value is -0.160. The normalized spacial score (nSPS) is 30.6. The van der Waals surface area contributed by atoms with Gasteiger partial charge in [0.05, 0.1) is 13.2 Å². The predicted octanol–water partition coefficient (Wildman–Crippen LogP) is 1.60. The summed E-state index contributed by atoms with van der Waals surface area (Å²) in [6, 6.07) is 1.35. The average Bonchev–Trinajstić information content (AvgIpc) is 2.48. The van der Waals surface area contributed by atoms with E-state index in [9.17, 15) is 0 Å². The fraction of sp³-hybridized carbons (Fsp3) is 1.00. The highest BCUT2D eigenvalue weighted by atomic mass is 16.5. The van der Waals surface area contributed by atoms with E-state index in [0.29, 0.717) is 12.1 Å². The van der Waals surface area contributed by atoms with E-state index < -0.39 is 0 Å². The number of rotatable bonds is 6. The molecule has 0 aromatic heterocycles. The van der Waals surface area contributed by atoms with Crippen LogP contribution in [0.25, 0.3) is 0 Å². The van der Waals surface area contributed by atoms with Crippen LogP contribution < -0.4 is 0 Å². The first-order valence-corrected chi connectivity index (χ1v) is 7.98. The molecule has 0 saturated carbocycles. The van der Waals surface area contributed by atoms with Crippen LogP contribution >= 0.6 is 0 Å². The lowest BCUT2D eigenvalue weighted by Gasteiger charge is -2.45. The highest BCUT2D eigenvalue weighted by Gasteiger charge is 2.30. The van der Waals surface area contributed by atoms with Gasteiger partial charge in [-0.3, -0.25) is 9.80 Å². The Morgan fingerprint density at radius 3 is 2.84 bits per heavy atom. The second-order valence-electron chi connectivity index (χ2n) is 5.66. The first-order chi connectivity index (χ1) is 9.35. The lowest BCUT2D eigenvalue weighted by Crippen LogP contribution is -2.57. The van der Waals surface area contributed by atoms with Gasteiger partial charge < -0.3 is 9.47 Å². The molecular formula is C15H30N2O2. The first-order valence-electron chi connectivity index (χ1n) is 7.98. The molecule has 0 spiro atoms. The zero-order valence-corrected chi connectivity index (χ0v) is 12.6. The van der Waals surface area contributed by atoms with E-state index in [1.807, 2.05) is 0 Å². The van der Waals surface area contributed by atoms with Crippen molar-refractivity contribution in [1.82, 2.24) is 9.80 Å². The quantitative estimate of drug-likeness (QED) is 0.685. The van der Waals surface area contributed by atoms with Crippen molar-refractivity contribution >= 4 is 0 Å². The third-order valence-electron chi connectivity index (χ3n) is 4.49. The van der Waals surface area contributed by atoms with E-state index in [1.165, 1.54) is 38.9 Å². The van der Waals surface area contributed by atoms with Crippen molar-refractivity contribution in [3.63, 3.8) is 0 Å². The third-order valence-corrected chi connectivity index (χ3v) is 4.49. The molecule has 0 amide bonds. The van der Waals surface area contributed by atoms with Crippen molar-refractivity contribution in [2.45, 2.75) is 45.2 Å². The summed E-state index contributed by atoms with van der Waals surface area (Å²) in [5, 5.41) is 0. The standard InChI is InChI=1S/C15H30N2O2/c1-3-14-12-17(15-6-5-10-19-13-15)8-7-16(14)9-11-18-4-2/h14-15H,3-13H2,1-2H3/t14-,15-/m0/s1. The first kappa shape index (κ1) is 15.2. The Balaban J connectivity index is 1.79. The van der Waals surface area contributed by atoms with Crippen molar-refractivity contribution in [3.05, 3.63) is 0 Å². The van der Waals surface area contributed by atoms with E-state index in [4.69, 9.17) is 9.47 Å². The summed E-state index contributed by atoms with van der Waals surface area (Å²) in [4.78, 5) is 5.26. The zero-order valence-electron chi connectivity index (χ0n) is 12.6. The second kappa shape index (κ2) is 8.20. The van der Waals surface area contributed by atoms with Gasteiger partial charge in [0.15, 0.2) is 0 Å². The summed E-state index contributed by atoms with van der Waals surface area (Å²) in [7, 11) is 0. The highest BCUT2D eigenvalue weighted by Crippen LogP contribution is 2.19. The smallest absolute Gasteiger partial charge is 0.0621 e. The van der Waals surface area contributed by atoms with Crippen molar-refractivity contribution in [2.75, 3.05) is 52.6 Å². The van der Waals surface area contributed by atoms with Crippen LogP contribution in [-0.2, 0) is 9.47 Å². The molecule has 0 N–H and O–H groups in total. The maximum atomic E-state index is 5.64. The predicted molar refractivity (Wildman–Crippen MR) is 77.6 cm³/mol. The summed E-state index contributed by atoms with van der Waals surface area (Å²) in [5.74, 6) is 0. The van der Waals surface area contributed by atoms with E-state index in [0.717, 1.165) is 33.0 Å². The van der Waals surface area contributed by atoms with Crippen LogP contribution in [0.2, 0.25) is 0 Å². The van der Waals surface area contributed by atoms with Gasteiger partial charge in [-0.05, 0) is 26.2 Å². The maximum absolute atomic E-state index is 5.64. The molecule has 2 aliphatic rings. The third kappa shape index (κ3) is 4.42. The minimum absolute atomic E-state index is 0.664. The summed E-state index contributed by atoms with van der Waals surface area (Å²) in [5.41, 5.74) is 0. The van der Waals surface area contributed by atoms with Gasteiger partial charge in [0.1, 0.15) is 0 Å². The van der Waals surface area contributed by atoms with Crippen LogP contribution in [0.15, 0.2) is 0 Å². The van der Waals surface area contributed by atoms with Gasteiger partial charge in [-0.15, -0.1) is 0 Å². The fourth-order valence-corrected chi connectivity index (χ4v) is 3.27. The van der Waals surface area contributed by atoms with Gasteiger partial charge in [0, 0.05) is 51.5 Å². The molecule has 4 nitrogen and oxygen atoms in total. The van der Waals surface area contributed by atoms with Crippen LogP contribution in [0.1, 0.15) is 33.1 Å². The molecule has 2 saturated heterocycles. The molecule has 19 heavy (non-hydrogen) atoms. The Morgan fingerprint density at radius 1 is 1.26 bits per heavy atom. The highest BCUT2D eigenvalue weighted by molar-refractivity contribution is 4.85. The zero-order chi connectivity index (χ0) is 13.5. The van der Waals surface area contributed by atoms with Gasteiger partial charge in [-0.25, -0.2) is 0 Å². The van der Waals surface area contributed by atoms with Gasteiger partial charge in [0.25, 0.3) is 0 Å². The number of piperazine rings is 1. The molecule has 0 radical (unpaired) electrons. The number of nitrogens with zero attached hydrogens (tertiary/aromatic N) is 2. The molecule has 0 aliphatic carbocycles. The Kier molecular flexibility index (Phi) is 6.57. The van der Waals surface area contributed by atoms with Gasteiger partial charge in [-0.1, -0.05) is 6.92 Å². The molecule has 0 aromatic carbocycles. The van der Waals surface area contributed by atoms with E-state index in [1.54, 1.807) is 0 Å². The maximum Gasteiger partial charge on any atom is 0.0621 e. The van der Waals surface area contributed by atoms with Crippen molar-refractivity contribution in [3.8, 4) is 0 Å². The number of hydrogen-bond acceptors (Lipinski definition) is 4. The monoisotopic (exact) mass is 270 g/mol. The second-order valence-corrected chi connectivity index (χ2v) is 5.66. The van der Waals surface area contributed by atoms with Gasteiger partial charge in [-0.2, -0.15) is 0 Å². The van der Waals surface area contributed by atoms with Crippen LogP contribution in [-0.4, -0.2) is 74.5 Å². The van der Waals surface area contributed by atoms with Crippen LogP contribution in [0.4, 0.5) is 0 Å². The molecule has 2 atom stereocenters. The molecule has 0 unspecified atom stereocenters. The molecule has 0 bridgehead atoms. The van der Waals surface area contributed by atoms with E-state index >= 15 is 0 Å². The fourth-order valence-electron chi connectivity index (χ4n) is 3.27. The largest absolute Gasteiger partial charge is 0.380 e. The topological polar surface area (TPSA) is 24.9 Å². The number of hydrogen-bond donors (Lipinski definition) is 0. The van der Waals surface area contributed by atoms with E-state index in [2.05, 4.69) is 23.6 Å². The minimum atomic E-state index is 0.664. The molecule has 2 rings (SSSR count). The average molecular weight is 270 g/mol. The van der Waals surface area contributed by atoms with Crippen molar-refractivity contribution in [1.29, 1.82) is 0 Å². The Morgan fingerprint density at radius 2 is 2.16 bits per heavy atom. The van der Waals surface area contributed by atoms with Gasteiger partial charge >= 0.3 is 0 Å². The molecule has 2 aliphatic heterocycles. The summed E-state index contributed by atoms with van der Waals surface area (Å²) in [6.07, 6.45) is 3.78. The Labute approximate surface area is 118 Å². The summed E-state index contributed by atoms with van der Waals surface area (Å²) >= 11 is 0.